The summed E-state index contributed by atoms with van der Waals surface area (Å²) in [5.41, 5.74) is 4.03. The van der Waals surface area contributed by atoms with Gasteiger partial charge in [-0.2, -0.15) is 10.2 Å². The van der Waals surface area contributed by atoms with E-state index in [4.69, 9.17) is 0 Å². The van der Waals surface area contributed by atoms with E-state index < -0.39 is 0 Å². The van der Waals surface area contributed by atoms with Crippen molar-refractivity contribution in [3.63, 3.8) is 0 Å². The first-order valence-corrected chi connectivity index (χ1v) is 8.27. The molecule has 0 saturated heterocycles. The van der Waals surface area contributed by atoms with E-state index in [0.717, 1.165) is 32.9 Å². The van der Waals surface area contributed by atoms with Crippen LogP contribution in [0.3, 0.4) is 0 Å². The van der Waals surface area contributed by atoms with Crippen molar-refractivity contribution in [3.8, 4) is 11.1 Å². The summed E-state index contributed by atoms with van der Waals surface area (Å²) in [4.78, 5) is 0. The van der Waals surface area contributed by atoms with Gasteiger partial charge in [0.1, 0.15) is 0 Å². The third-order valence-corrected chi connectivity index (χ3v) is 4.34. The zero-order valence-corrected chi connectivity index (χ0v) is 13.7. The van der Waals surface area contributed by atoms with Crippen LogP contribution >= 0.6 is 0 Å². The highest BCUT2D eigenvalue weighted by Crippen LogP contribution is 2.34. The van der Waals surface area contributed by atoms with Gasteiger partial charge in [0.25, 0.3) is 0 Å². The smallest absolute Gasteiger partial charge is 0.204 e. The SMILES string of the molecule is c1ccc(-c2cccc3[nH]nc(N=Nc4n[nH]c5ccccc45)c23)cc1. The third-order valence-electron chi connectivity index (χ3n) is 4.34. The number of fused-ring (bicyclic) bond motifs is 2. The van der Waals surface area contributed by atoms with Crippen molar-refractivity contribution in [2.75, 3.05) is 0 Å². The Balaban J connectivity index is 1.64. The van der Waals surface area contributed by atoms with Crippen molar-refractivity contribution in [2.24, 2.45) is 10.2 Å². The predicted molar refractivity (Wildman–Crippen MR) is 102 cm³/mol. The summed E-state index contributed by atoms with van der Waals surface area (Å²) >= 11 is 0. The lowest BCUT2D eigenvalue weighted by atomic mass is 10.0. The van der Waals surface area contributed by atoms with Gasteiger partial charge in [0.15, 0.2) is 0 Å². The number of rotatable bonds is 3. The van der Waals surface area contributed by atoms with Crippen LogP contribution in [0.4, 0.5) is 11.6 Å². The number of benzene rings is 3. The number of hydrogen-bond acceptors (Lipinski definition) is 4. The van der Waals surface area contributed by atoms with Gasteiger partial charge in [-0.15, -0.1) is 10.2 Å². The Labute approximate surface area is 148 Å². The van der Waals surface area contributed by atoms with E-state index in [0.29, 0.717) is 11.6 Å². The van der Waals surface area contributed by atoms with E-state index in [1.54, 1.807) is 0 Å². The van der Waals surface area contributed by atoms with Crippen LogP contribution in [-0.4, -0.2) is 20.4 Å². The van der Waals surface area contributed by atoms with Gasteiger partial charge in [-0.3, -0.25) is 10.2 Å². The third kappa shape index (κ3) is 2.36. The number of H-pyrrole nitrogens is 2. The summed E-state index contributed by atoms with van der Waals surface area (Å²) in [6, 6.07) is 24.1. The van der Waals surface area contributed by atoms with Crippen molar-refractivity contribution >= 4 is 33.4 Å². The quantitative estimate of drug-likeness (QED) is 0.424. The first-order valence-electron chi connectivity index (χ1n) is 8.27. The lowest BCUT2D eigenvalue weighted by Crippen LogP contribution is -1.78. The van der Waals surface area contributed by atoms with Crippen molar-refractivity contribution in [1.29, 1.82) is 0 Å². The number of aromatic amines is 2. The molecule has 6 nitrogen and oxygen atoms in total. The molecule has 6 heteroatoms. The van der Waals surface area contributed by atoms with Crippen molar-refractivity contribution in [1.82, 2.24) is 20.4 Å². The highest BCUT2D eigenvalue weighted by atomic mass is 15.3. The second-order valence-electron chi connectivity index (χ2n) is 5.93. The first-order chi connectivity index (χ1) is 12.9. The van der Waals surface area contributed by atoms with E-state index in [1.165, 1.54) is 0 Å². The molecule has 5 aromatic rings. The molecule has 0 aliphatic rings. The molecule has 0 bridgehead atoms. The van der Waals surface area contributed by atoms with E-state index in [2.05, 4.69) is 48.8 Å². The Hall–Kier alpha value is -3.80. The molecule has 3 aromatic carbocycles. The van der Waals surface area contributed by atoms with Crippen LogP contribution in [0.15, 0.2) is 83.0 Å². The molecule has 0 aliphatic heterocycles. The number of nitrogens with one attached hydrogen (secondary N) is 2. The van der Waals surface area contributed by atoms with Gasteiger partial charge >= 0.3 is 0 Å². The largest absolute Gasteiger partial charge is 0.276 e. The summed E-state index contributed by atoms with van der Waals surface area (Å²) in [6.07, 6.45) is 0. The second kappa shape index (κ2) is 5.93. The first kappa shape index (κ1) is 14.5. The Morgan fingerprint density at radius 2 is 1.31 bits per heavy atom. The van der Waals surface area contributed by atoms with E-state index in [9.17, 15) is 0 Å². The fraction of sp³-hybridized carbons (Fsp3) is 0. The Bertz CT molecular complexity index is 1230. The Morgan fingerprint density at radius 1 is 0.615 bits per heavy atom. The molecule has 0 radical (unpaired) electrons. The summed E-state index contributed by atoms with van der Waals surface area (Å²) in [5.74, 6) is 1.10. The van der Waals surface area contributed by atoms with Crippen LogP contribution in [0.2, 0.25) is 0 Å². The minimum atomic E-state index is 0.548. The maximum atomic E-state index is 4.37. The van der Waals surface area contributed by atoms with Gasteiger partial charge in [0.05, 0.1) is 16.4 Å². The second-order valence-corrected chi connectivity index (χ2v) is 5.93. The number of aromatic nitrogens is 4. The Morgan fingerprint density at radius 3 is 2.23 bits per heavy atom. The van der Waals surface area contributed by atoms with Crippen LogP contribution in [-0.2, 0) is 0 Å². The van der Waals surface area contributed by atoms with Gasteiger partial charge < -0.3 is 0 Å². The highest BCUT2D eigenvalue weighted by Gasteiger charge is 2.12. The lowest BCUT2D eigenvalue weighted by molar-refractivity contribution is 1.04. The lowest BCUT2D eigenvalue weighted by Gasteiger charge is -2.03. The zero-order valence-electron chi connectivity index (χ0n) is 13.7. The van der Waals surface area contributed by atoms with Gasteiger partial charge in [0.2, 0.25) is 11.6 Å². The van der Waals surface area contributed by atoms with E-state index >= 15 is 0 Å². The van der Waals surface area contributed by atoms with Crippen LogP contribution in [0.5, 0.6) is 0 Å². The number of nitrogens with zero attached hydrogens (tertiary/aromatic N) is 4. The molecule has 2 aromatic heterocycles. The normalized spacial score (nSPS) is 11.7. The molecule has 0 saturated carbocycles. The average molecular weight is 338 g/mol. The zero-order chi connectivity index (χ0) is 17.3. The monoisotopic (exact) mass is 338 g/mol. The molecular weight excluding hydrogens is 324 g/mol. The standard InChI is InChI=1S/C20H14N6/c1-2-7-13(8-3-1)14-10-6-12-17-18(14)20(25-22-17)26-24-19-15-9-4-5-11-16(15)21-23-19/h1-12H,(H,21,23)(H,22,25). The molecule has 0 amide bonds. The van der Waals surface area contributed by atoms with Gasteiger partial charge in [0, 0.05) is 5.39 Å². The summed E-state index contributed by atoms with van der Waals surface area (Å²) < 4.78 is 0. The maximum absolute atomic E-state index is 4.37. The fourth-order valence-electron chi connectivity index (χ4n) is 3.11. The van der Waals surface area contributed by atoms with E-state index in [-0.39, 0.29) is 0 Å². The summed E-state index contributed by atoms with van der Waals surface area (Å²) in [7, 11) is 0. The molecule has 124 valence electrons. The molecule has 0 fully saturated rings. The molecule has 5 rings (SSSR count). The molecule has 0 atom stereocenters. The number of hydrogen-bond donors (Lipinski definition) is 2. The van der Waals surface area contributed by atoms with Gasteiger partial charge in [-0.05, 0) is 29.3 Å². The highest BCUT2D eigenvalue weighted by molar-refractivity contribution is 6.01. The topological polar surface area (TPSA) is 82.1 Å². The summed E-state index contributed by atoms with van der Waals surface area (Å²) in [5, 5.41) is 25.1. The molecular formula is C20H14N6. The fourth-order valence-corrected chi connectivity index (χ4v) is 3.11. The molecule has 0 unspecified atom stereocenters. The minimum absolute atomic E-state index is 0.548. The van der Waals surface area contributed by atoms with Gasteiger partial charge in [-0.25, -0.2) is 0 Å². The van der Waals surface area contributed by atoms with Crippen molar-refractivity contribution in [2.45, 2.75) is 0 Å². The number of azo groups is 1. The number of para-hydroxylation sites is 1. The minimum Gasteiger partial charge on any atom is -0.276 e. The Kier molecular flexibility index (Phi) is 3.31. The molecule has 2 N–H and O–H groups in total. The van der Waals surface area contributed by atoms with Gasteiger partial charge in [-0.1, -0.05) is 54.6 Å². The maximum Gasteiger partial charge on any atom is 0.204 e. The summed E-state index contributed by atoms with van der Waals surface area (Å²) in [6.45, 7) is 0. The molecule has 26 heavy (non-hydrogen) atoms. The predicted octanol–water partition coefficient (Wildman–Crippen LogP) is 5.52. The molecule has 2 heterocycles. The molecule has 0 aliphatic carbocycles. The van der Waals surface area contributed by atoms with Crippen molar-refractivity contribution in [3.05, 3.63) is 72.8 Å². The van der Waals surface area contributed by atoms with Crippen LogP contribution in [0.25, 0.3) is 32.9 Å². The van der Waals surface area contributed by atoms with E-state index in [1.807, 2.05) is 54.6 Å². The van der Waals surface area contributed by atoms with Crippen LogP contribution < -0.4 is 0 Å². The molecule has 0 spiro atoms. The van der Waals surface area contributed by atoms with Crippen LogP contribution in [0, 0.1) is 0 Å². The van der Waals surface area contributed by atoms with Crippen molar-refractivity contribution < 1.29 is 0 Å². The van der Waals surface area contributed by atoms with Crippen LogP contribution in [0.1, 0.15) is 0 Å². The average Bonchev–Trinajstić information content (AvgIpc) is 3.31.